The van der Waals surface area contributed by atoms with Crippen molar-refractivity contribution < 1.29 is 9.53 Å². The van der Waals surface area contributed by atoms with Gasteiger partial charge in [0.2, 0.25) is 0 Å². The van der Waals surface area contributed by atoms with Crippen LogP contribution in [0.2, 0.25) is 5.02 Å². The third kappa shape index (κ3) is 3.84. The lowest BCUT2D eigenvalue weighted by Crippen LogP contribution is -2.49. The Bertz CT molecular complexity index is 456. The lowest BCUT2D eigenvalue weighted by atomic mass is 10.1. The Kier molecular flexibility index (Phi) is 4.38. The van der Waals surface area contributed by atoms with Crippen molar-refractivity contribution in [2.75, 3.05) is 19.6 Å². The van der Waals surface area contributed by atoms with Crippen molar-refractivity contribution in [3.05, 3.63) is 21.3 Å². The first-order valence-electron chi connectivity index (χ1n) is 6.31. The van der Waals surface area contributed by atoms with Crippen molar-refractivity contribution in [2.45, 2.75) is 32.4 Å². The predicted octanol–water partition coefficient (Wildman–Crippen LogP) is 3.28. The number of hydrogen-bond donors (Lipinski definition) is 1. The van der Waals surface area contributed by atoms with E-state index in [9.17, 15) is 4.79 Å². The third-order valence-electron chi connectivity index (χ3n) is 2.79. The second kappa shape index (κ2) is 5.69. The minimum Gasteiger partial charge on any atom is -0.444 e. The summed E-state index contributed by atoms with van der Waals surface area (Å²) in [4.78, 5) is 15.1. The Morgan fingerprint density at radius 1 is 1.58 bits per heavy atom. The summed E-state index contributed by atoms with van der Waals surface area (Å²) in [5, 5.41) is 5.91. The number of nitrogens with one attached hydrogen (secondary N) is 1. The van der Waals surface area contributed by atoms with Crippen LogP contribution in [0.25, 0.3) is 0 Å². The van der Waals surface area contributed by atoms with Crippen LogP contribution in [0, 0.1) is 0 Å². The number of rotatable bonds is 1. The summed E-state index contributed by atoms with van der Waals surface area (Å²) >= 11 is 7.54. The first-order chi connectivity index (χ1) is 8.87. The lowest BCUT2D eigenvalue weighted by Gasteiger charge is -2.36. The number of hydrogen-bond acceptors (Lipinski definition) is 4. The molecule has 4 nitrogen and oxygen atoms in total. The highest BCUT2D eigenvalue weighted by atomic mass is 35.5. The van der Waals surface area contributed by atoms with E-state index in [0.717, 1.165) is 23.0 Å². The third-order valence-corrected chi connectivity index (χ3v) is 4.17. The van der Waals surface area contributed by atoms with E-state index in [1.54, 1.807) is 16.2 Å². The van der Waals surface area contributed by atoms with E-state index in [0.29, 0.717) is 6.54 Å². The number of ether oxygens (including phenoxy) is 1. The second-order valence-electron chi connectivity index (χ2n) is 5.56. The van der Waals surface area contributed by atoms with Crippen molar-refractivity contribution in [3.8, 4) is 0 Å². The van der Waals surface area contributed by atoms with Gasteiger partial charge in [-0.3, -0.25) is 4.90 Å². The zero-order valence-corrected chi connectivity index (χ0v) is 13.0. The summed E-state index contributed by atoms with van der Waals surface area (Å²) < 4.78 is 5.47. The van der Waals surface area contributed by atoms with Crippen LogP contribution in [0.1, 0.15) is 31.7 Å². The van der Waals surface area contributed by atoms with Crippen molar-refractivity contribution in [1.82, 2.24) is 10.2 Å². The van der Waals surface area contributed by atoms with E-state index in [1.165, 1.54) is 0 Å². The molecule has 0 aromatic carbocycles. The predicted molar refractivity (Wildman–Crippen MR) is 77.9 cm³/mol. The van der Waals surface area contributed by atoms with Crippen molar-refractivity contribution >= 4 is 29.0 Å². The molecule has 1 aromatic rings. The Labute approximate surface area is 122 Å². The van der Waals surface area contributed by atoms with Crippen LogP contribution in [0.3, 0.4) is 0 Å². The minimum atomic E-state index is -0.473. The van der Waals surface area contributed by atoms with Gasteiger partial charge in [-0.1, -0.05) is 11.6 Å². The number of piperazine rings is 1. The van der Waals surface area contributed by atoms with Crippen LogP contribution in [0.5, 0.6) is 0 Å². The molecule has 106 valence electrons. The van der Waals surface area contributed by atoms with Gasteiger partial charge in [0, 0.05) is 29.9 Å². The number of nitrogens with zero attached hydrogens (tertiary/aromatic N) is 1. The van der Waals surface area contributed by atoms with Gasteiger partial charge in [-0.2, -0.15) is 0 Å². The van der Waals surface area contributed by atoms with E-state index in [4.69, 9.17) is 16.3 Å². The number of carbonyl (C=O) groups excluding carboxylic acids is 1. The molecular weight excluding hydrogens is 284 g/mol. The van der Waals surface area contributed by atoms with Crippen LogP contribution in [0.15, 0.2) is 11.4 Å². The SMILES string of the molecule is CC(C)(C)OC(=O)N1CCNCC1c1cc(Cl)cs1. The van der Waals surface area contributed by atoms with Gasteiger partial charge in [0.15, 0.2) is 0 Å². The molecule has 1 amide bonds. The summed E-state index contributed by atoms with van der Waals surface area (Å²) in [6.45, 7) is 7.80. The molecule has 6 heteroatoms. The molecule has 2 rings (SSSR count). The first-order valence-corrected chi connectivity index (χ1v) is 7.57. The fourth-order valence-electron chi connectivity index (χ4n) is 2.00. The molecule has 0 saturated carbocycles. The maximum atomic E-state index is 12.3. The zero-order chi connectivity index (χ0) is 14.0. The van der Waals surface area contributed by atoms with Crippen LogP contribution in [-0.4, -0.2) is 36.2 Å². The van der Waals surface area contributed by atoms with Gasteiger partial charge < -0.3 is 10.1 Å². The molecule has 1 saturated heterocycles. The Balaban J connectivity index is 2.14. The number of thiophene rings is 1. The highest BCUT2D eigenvalue weighted by Crippen LogP contribution is 2.31. The summed E-state index contributed by atoms with van der Waals surface area (Å²) in [5.41, 5.74) is -0.473. The molecule has 1 atom stereocenters. The van der Waals surface area contributed by atoms with Gasteiger partial charge in [0.25, 0.3) is 0 Å². The summed E-state index contributed by atoms with van der Waals surface area (Å²) in [6, 6.07) is 1.92. The first kappa shape index (κ1) is 14.6. The van der Waals surface area contributed by atoms with Crippen molar-refractivity contribution in [2.24, 2.45) is 0 Å². The topological polar surface area (TPSA) is 41.6 Å². The van der Waals surface area contributed by atoms with Gasteiger partial charge in [-0.25, -0.2) is 4.79 Å². The Morgan fingerprint density at radius 3 is 2.89 bits per heavy atom. The van der Waals surface area contributed by atoms with E-state index < -0.39 is 5.60 Å². The molecule has 2 heterocycles. The number of halogens is 1. The summed E-state index contributed by atoms with van der Waals surface area (Å²) in [6.07, 6.45) is -0.261. The summed E-state index contributed by atoms with van der Waals surface area (Å²) in [7, 11) is 0. The molecule has 1 unspecified atom stereocenters. The number of amides is 1. The van der Waals surface area contributed by atoms with Gasteiger partial charge in [-0.05, 0) is 26.8 Å². The van der Waals surface area contributed by atoms with Crippen LogP contribution in [-0.2, 0) is 4.74 Å². The molecule has 1 aliphatic heterocycles. The van der Waals surface area contributed by atoms with Gasteiger partial charge in [0.1, 0.15) is 5.60 Å². The molecule has 0 aliphatic carbocycles. The molecule has 1 N–H and O–H groups in total. The standard InChI is InChI=1S/C13H19ClN2O2S/c1-13(2,3)18-12(17)16-5-4-15-7-10(16)11-6-9(14)8-19-11/h6,8,10,15H,4-5,7H2,1-3H3. The maximum absolute atomic E-state index is 12.3. The van der Waals surface area contributed by atoms with E-state index >= 15 is 0 Å². The second-order valence-corrected chi connectivity index (χ2v) is 6.94. The van der Waals surface area contributed by atoms with Gasteiger partial charge in [0.05, 0.1) is 11.1 Å². The highest BCUT2D eigenvalue weighted by molar-refractivity contribution is 7.10. The minimum absolute atomic E-state index is 0.00102. The van der Waals surface area contributed by atoms with E-state index in [-0.39, 0.29) is 12.1 Å². The molecule has 0 radical (unpaired) electrons. The molecule has 1 aliphatic rings. The van der Waals surface area contributed by atoms with Crippen molar-refractivity contribution in [1.29, 1.82) is 0 Å². The summed E-state index contributed by atoms with van der Waals surface area (Å²) in [5.74, 6) is 0. The van der Waals surface area contributed by atoms with Gasteiger partial charge in [-0.15, -0.1) is 11.3 Å². The lowest BCUT2D eigenvalue weighted by molar-refractivity contribution is 0.0122. The molecule has 0 spiro atoms. The van der Waals surface area contributed by atoms with E-state index in [2.05, 4.69) is 5.32 Å². The molecular formula is C13H19ClN2O2S. The fraction of sp³-hybridized carbons (Fsp3) is 0.615. The smallest absolute Gasteiger partial charge is 0.410 e. The Morgan fingerprint density at radius 2 is 2.32 bits per heavy atom. The van der Waals surface area contributed by atoms with Crippen LogP contribution in [0.4, 0.5) is 4.79 Å². The molecule has 0 bridgehead atoms. The molecule has 1 fully saturated rings. The fourth-order valence-corrected chi connectivity index (χ4v) is 3.20. The van der Waals surface area contributed by atoms with Gasteiger partial charge >= 0.3 is 6.09 Å². The normalized spacial score (nSPS) is 20.4. The quantitative estimate of drug-likeness (QED) is 0.865. The van der Waals surface area contributed by atoms with Crippen molar-refractivity contribution in [3.63, 3.8) is 0 Å². The molecule has 19 heavy (non-hydrogen) atoms. The van der Waals surface area contributed by atoms with E-state index in [1.807, 2.05) is 32.2 Å². The van der Waals surface area contributed by atoms with Crippen LogP contribution < -0.4 is 5.32 Å². The number of carbonyl (C=O) groups is 1. The average molecular weight is 303 g/mol. The average Bonchev–Trinajstić information content (AvgIpc) is 2.73. The zero-order valence-electron chi connectivity index (χ0n) is 11.4. The molecule has 1 aromatic heterocycles. The maximum Gasteiger partial charge on any atom is 0.410 e. The largest absolute Gasteiger partial charge is 0.444 e. The monoisotopic (exact) mass is 302 g/mol. The highest BCUT2D eigenvalue weighted by Gasteiger charge is 2.32. The Hall–Kier alpha value is -0.780. The van der Waals surface area contributed by atoms with Crippen LogP contribution >= 0.6 is 22.9 Å².